The number of aliphatic imine (C=N–C) groups is 1. The summed E-state index contributed by atoms with van der Waals surface area (Å²) in [5.74, 6) is 1.06. The van der Waals surface area contributed by atoms with Gasteiger partial charge in [0.2, 0.25) is 0 Å². The van der Waals surface area contributed by atoms with Gasteiger partial charge in [0.25, 0.3) is 0 Å². The number of nitrogens with zero attached hydrogens (tertiary/aromatic N) is 2. The van der Waals surface area contributed by atoms with Gasteiger partial charge in [0.1, 0.15) is 5.75 Å². The minimum atomic E-state index is -4.72. The first kappa shape index (κ1) is 20.4. The van der Waals surface area contributed by atoms with Crippen LogP contribution in [-0.4, -0.2) is 50.4 Å². The highest BCUT2D eigenvalue weighted by Crippen LogP contribution is 2.34. The van der Waals surface area contributed by atoms with Crippen LogP contribution in [0, 0.1) is 5.92 Å². The molecule has 1 unspecified atom stereocenters. The lowest BCUT2D eigenvalue weighted by Crippen LogP contribution is -2.46. The molecule has 1 atom stereocenters. The zero-order valence-corrected chi connectivity index (χ0v) is 15.4. The molecule has 0 saturated heterocycles. The maximum Gasteiger partial charge on any atom is 0.573 e. The second-order valence-corrected chi connectivity index (χ2v) is 6.60. The average molecular weight is 372 g/mol. The number of hydrogen-bond donors (Lipinski definition) is 2. The molecule has 0 amide bonds. The van der Waals surface area contributed by atoms with Crippen molar-refractivity contribution in [3.63, 3.8) is 0 Å². The maximum atomic E-state index is 12.5. The van der Waals surface area contributed by atoms with Crippen LogP contribution in [-0.2, 0) is 6.54 Å². The molecule has 1 aromatic rings. The van der Waals surface area contributed by atoms with Crippen LogP contribution in [0.2, 0.25) is 0 Å². The van der Waals surface area contributed by atoms with Crippen molar-refractivity contribution >= 4 is 5.96 Å². The highest BCUT2D eigenvalue weighted by Gasteiger charge is 2.33. The summed E-state index contributed by atoms with van der Waals surface area (Å²) >= 11 is 0. The number of alkyl halides is 3. The van der Waals surface area contributed by atoms with Crippen molar-refractivity contribution in [1.29, 1.82) is 0 Å². The van der Waals surface area contributed by atoms with E-state index in [4.69, 9.17) is 0 Å². The monoisotopic (exact) mass is 372 g/mol. The fourth-order valence-electron chi connectivity index (χ4n) is 2.82. The second-order valence-electron chi connectivity index (χ2n) is 6.60. The van der Waals surface area contributed by atoms with Gasteiger partial charge in [-0.3, -0.25) is 0 Å². The van der Waals surface area contributed by atoms with E-state index in [1.165, 1.54) is 25.0 Å². The van der Waals surface area contributed by atoms with E-state index < -0.39 is 6.36 Å². The first-order chi connectivity index (χ1) is 12.3. The number of likely N-dealkylation sites (N-methyl/N-ethyl adjacent to an activating group) is 1. The molecule has 1 fully saturated rings. The van der Waals surface area contributed by atoms with Crippen LogP contribution in [0.4, 0.5) is 13.2 Å². The van der Waals surface area contributed by atoms with Crippen LogP contribution >= 0.6 is 0 Å². The van der Waals surface area contributed by atoms with Gasteiger partial charge < -0.3 is 20.3 Å². The number of rotatable bonds is 8. The molecular formula is C18H27F3N4O. The molecule has 0 radical (unpaired) electrons. The molecule has 26 heavy (non-hydrogen) atoms. The van der Waals surface area contributed by atoms with E-state index in [0.717, 1.165) is 6.54 Å². The summed E-state index contributed by atoms with van der Waals surface area (Å²) in [5.41, 5.74) is 0.383. The van der Waals surface area contributed by atoms with Crippen molar-refractivity contribution in [1.82, 2.24) is 15.5 Å². The summed E-state index contributed by atoms with van der Waals surface area (Å²) < 4.78 is 41.6. The summed E-state index contributed by atoms with van der Waals surface area (Å²) in [7, 11) is 4.11. The standard InChI is InChI=1S/C18H27F3N4O/c1-4-22-17(24-12-15(25(2)3)13-9-10-13)23-11-14-7-5-6-8-16(14)26-18(19,20)21/h5-8,13,15H,4,9-12H2,1-3H3,(H2,22,23,24). The Morgan fingerprint density at radius 3 is 2.54 bits per heavy atom. The SMILES string of the molecule is CCNC(=NCc1ccccc1OC(F)(F)F)NCC(C1CC1)N(C)C. The zero-order valence-electron chi connectivity index (χ0n) is 15.4. The fourth-order valence-corrected chi connectivity index (χ4v) is 2.82. The van der Waals surface area contributed by atoms with E-state index in [0.29, 0.717) is 30.0 Å². The van der Waals surface area contributed by atoms with Gasteiger partial charge in [-0.15, -0.1) is 13.2 Å². The second kappa shape index (κ2) is 9.12. The third-order valence-electron chi connectivity index (χ3n) is 4.26. The number of benzene rings is 1. The van der Waals surface area contributed by atoms with Crippen molar-refractivity contribution in [3.8, 4) is 5.75 Å². The summed E-state index contributed by atoms with van der Waals surface area (Å²) in [6.07, 6.45) is -2.24. The number of halogens is 3. The zero-order chi connectivity index (χ0) is 19.2. The van der Waals surface area contributed by atoms with E-state index in [9.17, 15) is 13.2 Å². The third kappa shape index (κ3) is 6.74. The Kier molecular flexibility index (Phi) is 7.14. The van der Waals surface area contributed by atoms with Crippen molar-refractivity contribution in [2.75, 3.05) is 27.2 Å². The molecule has 0 spiro atoms. The van der Waals surface area contributed by atoms with Gasteiger partial charge in [-0.25, -0.2) is 4.99 Å². The predicted octanol–water partition coefficient (Wildman–Crippen LogP) is 2.98. The Bertz CT molecular complexity index is 598. The van der Waals surface area contributed by atoms with E-state index in [1.54, 1.807) is 12.1 Å². The van der Waals surface area contributed by atoms with E-state index in [2.05, 4.69) is 39.4 Å². The smallest absolute Gasteiger partial charge is 0.405 e. The maximum absolute atomic E-state index is 12.5. The molecule has 1 aliphatic rings. The average Bonchev–Trinajstić information content (AvgIpc) is 3.37. The molecule has 5 nitrogen and oxygen atoms in total. The highest BCUT2D eigenvalue weighted by molar-refractivity contribution is 5.79. The van der Waals surface area contributed by atoms with E-state index >= 15 is 0 Å². The van der Waals surface area contributed by atoms with Gasteiger partial charge in [0.05, 0.1) is 6.54 Å². The number of nitrogens with one attached hydrogen (secondary N) is 2. The van der Waals surface area contributed by atoms with E-state index in [1.807, 2.05) is 6.92 Å². The van der Waals surface area contributed by atoms with Crippen molar-refractivity contribution < 1.29 is 17.9 Å². The van der Waals surface area contributed by atoms with Crippen LogP contribution in [0.1, 0.15) is 25.3 Å². The van der Waals surface area contributed by atoms with E-state index in [-0.39, 0.29) is 12.3 Å². The molecule has 1 saturated carbocycles. The van der Waals surface area contributed by atoms with Gasteiger partial charge >= 0.3 is 6.36 Å². The molecule has 0 aromatic heterocycles. The van der Waals surface area contributed by atoms with Crippen molar-refractivity contribution in [2.45, 2.75) is 38.7 Å². The molecule has 0 bridgehead atoms. The van der Waals surface area contributed by atoms with Crippen molar-refractivity contribution in [3.05, 3.63) is 29.8 Å². The lowest BCUT2D eigenvalue weighted by Gasteiger charge is -2.25. The molecular weight excluding hydrogens is 345 g/mol. The van der Waals surface area contributed by atoms with Gasteiger partial charge in [0.15, 0.2) is 5.96 Å². The quantitative estimate of drug-likeness (QED) is 0.544. The molecule has 0 aliphatic heterocycles. The molecule has 2 N–H and O–H groups in total. The Labute approximate surface area is 152 Å². The van der Waals surface area contributed by atoms with Gasteiger partial charge in [-0.2, -0.15) is 0 Å². The first-order valence-electron chi connectivity index (χ1n) is 8.82. The minimum Gasteiger partial charge on any atom is -0.405 e. The fraction of sp³-hybridized carbons (Fsp3) is 0.611. The van der Waals surface area contributed by atoms with Gasteiger partial charge in [-0.05, 0) is 45.8 Å². The molecule has 1 aromatic carbocycles. The van der Waals surface area contributed by atoms with Crippen LogP contribution < -0.4 is 15.4 Å². The van der Waals surface area contributed by atoms with Crippen LogP contribution in [0.3, 0.4) is 0 Å². The largest absolute Gasteiger partial charge is 0.573 e. The summed E-state index contributed by atoms with van der Waals surface area (Å²) in [6.45, 7) is 3.45. The molecule has 0 heterocycles. The van der Waals surface area contributed by atoms with Crippen LogP contribution in [0.15, 0.2) is 29.3 Å². The Balaban J connectivity index is 2.02. The number of hydrogen-bond acceptors (Lipinski definition) is 3. The first-order valence-corrected chi connectivity index (χ1v) is 8.82. The summed E-state index contributed by atoms with van der Waals surface area (Å²) in [4.78, 5) is 6.61. The minimum absolute atomic E-state index is 0.0949. The lowest BCUT2D eigenvalue weighted by molar-refractivity contribution is -0.274. The Morgan fingerprint density at radius 2 is 1.96 bits per heavy atom. The Hall–Kier alpha value is -1.96. The Morgan fingerprint density at radius 1 is 1.27 bits per heavy atom. The van der Waals surface area contributed by atoms with Crippen molar-refractivity contribution in [2.24, 2.45) is 10.9 Å². The molecule has 2 rings (SSSR count). The van der Waals surface area contributed by atoms with Crippen LogP contribution in [0.25, 0.3) is 0 Å². The van der Waals surface area contributed by atoms with Gasteiger partial charge in [-0.1, -0.05) is 18.2 Å². The topological polar surface area (TPSA) is 48.9 Å². The molecule has 8 heteroatoms. The summed E-state index contributed by atoms with van der Waals surface area (Å²) in [5, 5.41) is 6.43. The number of para-hydroxylation sites is 1. The third-order valence-corrected chi connectivity index (χ3v) is 4.26. The number of ether oxygens (including phenoxy) is 1. The predicted molar refractivity (Wildman–Crippen MR) is 96.1 cm³/mol. The molecule has 1 aliphatic carbocycles. The number of guanidine groups is 1. The van der Waals surface area contributed by atoms with Crippen LogP contribution in [0.5, 0.6) is 5.75 Å². The summed E-state index contributed by atoms with van der Waals surface area (Å²) in [6, 6.07) is 6.48. The molecule has 146 valence electrons. The lowest BCUT2D eigenvalue weighted by atomic mass is 10.1. The normalized spacial score (nSPS) is 16.5. The highest BCUT2D eigenvalue weighted by atomic mass is 19.4. The van der Waals surface area contributed by atoms with Gasteiger partial charge in [0, 0.05) is 24.7 Å².